The number of likely N-dealkylation sites (tertiary alicyclic amines) is 1. The Morgan fingerprint density at radius 1 is 1.48 bits per heavy atom. The summed E-state index contributed by atoms with van der Waals surface area (Å²) in [6.45, 7) is 2.87. The molecule has 1 saturated heterocycles. The maximum absolute atomic E-state index is 12.4. The van der Waals surface area contributed by atoms with Gasteiger partial charge in [-0.3, -0.25) is 9.78 Å². The van der Waals surface area contributed by atoms with Crippen LogP contribution in [0.3, 0.4) is 0 Å². The molecule has 0 radical (unpaired) electrons. The van der Waals surface area contributed by atoms with Crippen molar-refractivity contribution in [3.63, 3.8) is 0 Å². The van der Waals surface area contributed by atoms with E-state index >= 15 is 0 Å². The first kappa shape index (κ1) is 14.2. The predicted octanol–water partition coefficient (Wildman–Crippen LogP) is 3.08. The van der Waals surface area contributed by atoms with E-state index in [1.807, 2.05) is 23.4 Å². The third kappa shape index (κ3) is 3.29. The standard InChI is InChI=1S/C16H19N3OS/c1-12-9-13(6-7-17-12)4-5-14-3-2-8-19(14)16(20)15-10-21-11-18-15/h6-7,9-11,14H,2-5,8H2,1H3/t14-/m1/s1. The normalized spacial score (nSPS) is 18.1. The van der Waals surface area contributed by atoms with Crippen LogP contribution in [0, 0.1) is 6.92 Å². The average molecular weight is 301 g/mol. The van der Waals surface area contributed by atoms with Gasteiger partial charge in [-0.1, -0.05) is 0 Å². The van der Waals surface area contributed by atoms with E-state index in [0.717, 1.165) is 37.9 Å². The van der Waals surface area contributed by atoms with Crippen LogP contribution in [0.2, 0.25) is 0 Å². The highest BCUT2D eigenvalue weighted by atomic mass is 32.1. The molecule has 0 bridgehead atoms. The quantitative estimate of drug-likeness (QED) is 0.872. The van der Waals surface area contributed by atoms with Crippen LogP contribution in [0.25, 0.3) is 0 Å². The van der Waals surface area contributed by atoms with Gasteiger partial charge in [-0.2, -0.15) is 0 Å². The molecule has 0 saturated carbocycles. The number of carbonyl (C=O) groups excluding carboxylic acids is 1. The van der Waals surface area contributed by atoms with E-state index in [2.05, 4.69) is 22.1 Å². The van der Waals surface area contributed by atoms with E-state index in [-0.39, 0.29) is 5.91 Å². The van der Waals surface area contributed by atoms with Crippen LogP contribution in [0.15, 0.2) is 29.2 Å². The molecule has 1 aliphatic rings. The van der Waals surface area contributed by atoms with Crippen molar-refractivity contribution in [2.75, 3.05) is 6.54 Å². The first-order valence-corrected chi connectivity index (χ1v) is 8.29. The lowest BCUT2D eigenvalue weighted by Crippen LogP contribution is -2.36. The summed E-state index contributed by atoms with van der Waals surface area (Å²) < 4.78 is 0. The molecule has 21 heavy (non-hydrogen) atoms. The van der Waals surface area contributed by atoms with E-state index in [9.17, 15) is 4.79 Å². The molecule has 1 fully saturated rings. The maximum Gasteiger partial charge on any atom is 0.273 e. The SMILES string of the molecule is Cc1cc(CC[C@H]2CCCN2C(=O)c2cscn2)ccn1. The fourth-order valence-corrected chi connectivity index (χ4v) is 3.49. The molecule has 0 N–H and O–H groups in total. The molecular formula is C16H19N3OS. The zero-order chi connectivity index (χ0) is 14.7. The second-order valence-corrected chi connectivity index (χ2v) is 6.23. The van der Waals surface area contributed by atoms with Crippen LogP contribution in [0.4, 0.5) is 0 Å². The molecule has 0 aromatic carbocycles. The second-order valence-electron chi connectivity index (χ2n) is 5.51. The fourth-order valence-electron chi connectivity index (χ4n) is 2.96. The van der Waals surface area contributed by atoms with Crippen LogP contribution in [0.1, 0.15) is 41.0 Å². The van der Waals surface area contributed by atoms with Crippen molar-refractivity contribution in [1.29, 1.82) is 0 Å². The van der Waals surface area contributed by atoms with Crippen molar-refractivity contribution in [3.8, 4) is 0 Å². The smallest absolute Gasteiger partial charge is 0.273 e. The zero-order valence-corrected chi connectivity index (χ0v) is 13.0. The van der Waals surface area contributed by atoms with Gasteiger partial charge in [-0.25, -0.2) is 4.98 Å². The molecule has 110 valence electrons. The Kier molecular flexibility index (Phi) is 4.29. The van der Waals surface area contributed by atoms with Crippen LogP contribution >= 0.6 is 11.3 Å². The number of thiazole rings is 1. The summed E-state index contributed by atoms with van der Waals surface area (Å²) in [5, 5.41) is 1.84. The van der Waals surface area contributed by atoms with Gasteiger partial charge < -0.3 is 4.90 Å². The average Bonchev–Trinajstić information content (AvgIpc) is 3.16. The number of carbonyl (C=O) groups is 1. The Morgan fingerprint density at radius 3 is 3.14 bits per heavy atom. The fraction of sp³-hybridized carbons (Fsp3) is 0.438. The topological polar surface area (TPSA) is 46.1 Å². The zero-order valence-electron chi connectivity index (χ0n) is 12.2. The monoisotopic (exact) mass is 301 g/mol. The van der Waals surface area contributed by atoms with Gasteiger partial charge in [0.15, 0.2) is 0 Å². The Morgan fingerprint density at radius 2 is 2.38 bits per heavy atom. The summed E-state index contributed by atoms with van der Waals surface area (Å²) in [6.07, 6.45) is 6.06. The number of amides is 1. The number of aryl methyl sites for hydroxylation is 2. The Hall–Kier alpha value is -1.75. The van der Waals surface area contributed by atoms with Gasteiger partial charge in [0.1, 0.15) is 5.69 Å². The molecule has 2 aromatic rings. The van der Waals surface area contributed by atoms with Crippen LogP contribution < -0.4 is 0 Å². The Bertz CT molecular complexity index is 612. The first-order valence-electron chi connectivity index (χ1n) is 7.35. The summed E-state index contributed by atoms with van der Waals surface area (Å²) in [7, 11) is 0. The van der Waals surface area contributed by atoms with Gasteiger partial charge in [0.05, 0.1) is 5.51 Å². The summed E-state index contributed by atoms with van der Waals surface area (Å²) in [6, 6.07) is 4.53. The van der Waals surface area contributed by atoms with Crippen LogP contribution in [-0.2, 0) is 6.42 Å². The van der Waals surface area contributed by atoms with Crippen molar-refractivity contribution in [2.24, 2.45) is 0 Å². The van der Waals surface area contributed by atoms with E-state index in [1.54, 1.807) is 5.51 Å². The summed E-state index contributed by atoms with van der Waals surface area (Å²) in [5.74, 6) is 0.0876. The molecule has 1 amide bonds. The molecule has 0 aliphatic carbocycles. The van der Waals surface area contributed by atoms with Crippen molar-refractivity contribution in [2.45, 2.75) is 38.6 Å². The highest BCUT2D eigenvalue weighted by Gasteiger charge is 2.29. The summed E-state index contributed by atoms with van der Waals surface area (Å²) in [4.78, 5) is 22.8. The molecule has 1 aliphatic heterocycles. The molecule has 1 atom stereocenters. The predicted molar refractivity (Wildman–Crippen MR) is 83.5 cm³/mol. The van der Waals surface area contributed by atoms with Gasteiger partial charge >= 0.3 is 0 Å². The minimum Gasteiger partial charge on any atom is -0.334 e. The lowest BCUT2D eigenvalue weighted by molar-refractivity contribution is 0.0725. The third-order valence-electron chi connectivity index (χ3n) is 4.02. The molecule has 2 aromatic heterocycles. The van der Waals surface area contributed by atoms with E-state index in [1.165, 1.54) is 16.9 Å². The molecule has 0 spiro atoms. The van der Waals surface area contributed by atoms with Crippen molar-refractivity contribution >= 4 is 17.2 Å². The van der Waals surface area contributed by atoms with Gasteiger partial charge in [-0.05, 0) is 50.3 Å². The van der Waals surface area contributed by atoms with Crippen molar-refractivity contribution in [3.05, 3.63) is 46.2 Å². The van der Waals surface area contributed by atoms with E-state index in [0.29, 0.717) is 11.7 Å². The number of hydrogen-bond donors (Lipinski definition) is 0. The number of nitrogens with zero attached hydrogens (tertiary/aromatic N) is 3. The van der Waals surface area contributed by atoms with Crippen molar-refractivity contribution < 1.29 is 4.79 Å². The van der Waals surface area contributed by atoms with Crippen molar-refractivity contribution in [1.82, 2.24) is 14.9 Å². The molecule has 4 nitrogen and oxygen atoms in total. The maximum atomic E-state index is 12.4. The van der Waals surface area contributed by atoms with Crippen LogP contribution in [-0.4, -0.2) is 33.4 Å². The molecule has 5 heteroatoms. The molecule has 3 heterocycles. The first-order chi connectivity index (χ1) is 10.2. The van der Waals surface area contributed by atoms with Gasteiger partial charge in [0.25, 0.3) is 5.91 Å². The minimum absolute atomic E-state index is 0.0876. The number of aromatic nitrogens is 2. The van der Waals surface area contributed by atoms with Crippen LogP contribution in [0.5, 0.6) is 0 Å². The highest BCUT2D eigenvalue weighted by molar-refractivity contribution is 7.07. The molecular weight excluding hydrogens is 282 g/mol. The lowest BCUT2D eigenvalue weighted by Gasteiger charge is -2.24. The Balaban J connectivity index is 1.63. The number of hydrogen-bond acceptors (Lipinski definition) is 4. The minimum atomic E-state index is 0.0876. The highest BCUT2D eigenvalue weighted by Crippen LogP contribution is 2.24. The number of rotatable bonds is 4. The van der Waals surface area contributed by atoms with E-state index in [4.69, 9.17) is 0 Å². The van der Waals surface area contributed by atoms with Gasteiger partial charge in [-0.15, -0.1) is 11.3 Å². The second kappa shape index (κ2) is 6.35. The molecule has 0 unspecified atom stereocenters. The van der Waals surface area contributed by atoms with Gasteiger partial charge in [0.2, 0.25) is 0 Å². The summed E-state index contributed by atoms with van der Waals surface area (Å²) in [5.41, 5.74) is 4.66. The lowest BCUT2D eigenvalue weighted by atomic mass is 10.0. The third-order valence-corrected chi connectivity index (χ3v) is 4.60. The van der Waals surface area contributed by atoms with E-state index < -0.39 is 0 Å². The Labute approximate surface area is 128 Å². The molecule has 3 rings (SSSR count). The van der Waals surface area contributed by atoms with Gasteiger partial charge in [0, 0.05) is 29.9 Å². The summed E-state index contributed by atoms with van der Waals surface area (Å²) >= 11 is 1.47. The largest absolute Gasteiger partial charge is 0.334 e. The number of pyridine rings is 1.